The molecule has 17 heteroatoms. The van der Waals surface area contributed by atoms with Gasteiger partial charge in [-0.3, -0.25) is 34.2 Å². The quantitative estimate of drug-likeness (QED) is 0.123. The number of unbranched alkanes of at least 4 members (excludes halogenated alkanes) is 1. The van der Waals surface area contributed by atoms with E-state index in [2.05, 4.69) is 5.32 Å². The van der Waals surface area contributed by atoms with Gasteiger partial charge in [-0.25, -0.2) is 4.39 Å². The van der Waals surface area contributed by atoms with Crippen molar-refractivity contribution in [1.82, 2.24) is 15.1 Å². The van der Waals surface area contributed by atoms with Crippen LogP contribution < -0.4 is 19.5 Å². The van der Waals surface area contributed by atoms with Gasteiger partial charge in [0, 0.05) is 43.2 Å². The molecule has 0 aliphatic carbocycles. The van der Waals surface area contributed by atoms with Gasteiger partial charge >= 0.3 is 6.18 Å². The van der Waals surface area contributed by atoms with Crippen molar-refractivity contribution in [3.8, 4) is 23.3 Å². The van der Waals surface area contributed by atoms with Gasteiger partial charge in [0.25, 0.3) is 17.7 Å². The molecule has 3 heterocycles. The molecule has 0 radical (unpaired) electrons. The van der Waals surface area contributed by atoms with Gasteiger partial charge in [0.05, 0.1) is 41.5 Å². The van der Waals surface area contributed by atoms with E-state index in [4.69, 9.17) is 24.2 Å². The molecule has 57 heavy (non-hydrogen) atoms. The van der Waals surface area contributed by atoms with E-state index in [1.807, 2.05) is 0 Å². The average molecular weight is 795 g/mol. The van der Waals surface area contributed by atoms with Crippen LogP contribution in [0.15, 0.2) is 54.6 Å². The fraction of sp³-hybridized carbons (Fsp3) is 0.400. The van der Waals surface area contributed by atoms with Crippen LogP contribution in [0, 0.1) is 22.6 Å². The summed E-state index contributed by atoms with van der Waals surface area (Å²) in [6.07, 6.45) is -4.70. The minimum atomic E-state index is -4.79. The molecule has 2 fully saturated rings. The molecule has 2 saturated heterocycles. The van der Waals surface area contributed by atoms with Crippen molar-refractivity contribution >= 4 is 29.5 Å². The second kappa shape index (κ2) is 16.6. The number of rotatable bonds is 15. The van der Waals surface area contributed by atoms with Crippen LogP contribution in [-0.2, 0) is 31.8 Å². The Labute approximate surface area is 324 Å². The van der Waals surface area contributed by atoms with Gasteiger partial charge in [-0.05, 0) is 55.7 Å². The van der Waals surface area contributed by atoms with E-state index in [9.17, 15) is 37.1 Å². The summed E-state index contributed by atoms with van der Waals surface area (Å²) in [5.74, 6) is -3.34. The van der Waals surface area contributed by atoms with E-state index in [1.165, 1.54) is 35.2 Å². The number of likely N-dealkylation sites (tertiary alicyclic amines) is 1. The largest absolute Gasteiger partial charge is 0.493 e. The Kier molecular flexibility index (Phi) is 11.8. The summed E-state index contributed by atoms with van der Waals surface area (Å²) in [5.41, 5.74) is -2.19. The number of fused-ring (bicyclic) bond motifs is 1. The molecule has 2 unspecified atom stereocenters. The van der Waals surface area contributed by atoms with Crippen LogP contribution in [0.25, 0.3) is 0 Å². The lowest BCUT2D eigenvalue weighted by molar-refractivity contribution is -0.138. The summed E-state index contributed by atoms with van der Waals surface area (Å²) in [4.78, 5) is 65.6. The summed E-state index contributed by atoms with van der Waals surface area (Å²) in [5, 5.41) is 11.2. The highest BCUT2D eigenvalue weighted by Gasteiger charge is 2.49. The third kappa shape index (κ3) is 8.86. The van der Waals surface area contributed by atoms with Crippen LogP contribution in [0.4, 0.5) is 17.6 Å². The summed E-state index contributed by atoms with van der Waals surface area (Å²) in [6.45, 7) is 4.37. The minimum Gasteiger partial charge on any atom is -0.493 e. The van der Waals surface area contributed by atoms with Crippen molar-refractivity contribution in [1.29, 1.82) is 5.26 Å². The number of carbonyl (C=O) groups excluding carboxylic acids is 5. The molecule has 0 spiro atoms. The average Bonchev–Trinajstić information content (AvgIpc) is 3.54. The Hall–Kier alpha value is -6.02. The van der Waals surface area contributed by atoms with Crippen molar-refractivity contribution in [2.75, 3.05) is 33.0 Å². The molecule has 0 aromatic heterocycles. The number of ether oxygens (including phenoxy) is 4. The SMILES string of the molecule is CC1(C)CN(Cc2ccc(OCCCCOCCOc3cccc4c3C(=O)N(C3CCC(=O)NC3=O)C4=O)cc2F)C(=O)C1Oc1ccc(C#N)c(C(F)(F)F)c1. The van der Waals surface area contributed by atoms with Gasteiger partial charge in [-0.2, -0.15) is 18.4 Å². The number of piperidine rings is 1. The Morgan fingerprint density at radius 2 is 1.67 bits per heavy atom. The highest BCUT2D eigenvalue weighted by Crippen LogP contribution is 2.39. The number of amides is 5. The lowest BCUT2D eigenvalue weighted by atomic mass is 9.89. The molecule has 3 aliphatic rings. The number of hydrogen-bond donors (Lipinski definition) is 1. The number of alkyl halides is 3. The highest BCUT2D eigenvalue weighted by atomic mass is 19.4. The Morgan fingerprint density at radius 1 is 0.912 bits per heavy atom. The molecule has 0 bridgehead atoms. The van der Waals surface area contributed by atoms with E-state index in [-0.39, 0.29) is 79.7 Å². The third-order valence-electron chi connectivity index (χ3n) is 9.77. The summed E-state index contributed by atoms with van der Waals surface area (Å²) >= 11 is 0. The van der Waals surface area contributed by atoms with Gasteiger partial charge < -0.3 is 23.8 Å². The maximum absolute atomic E-state index is 15.1. The lowest BCUT2D eigenvalue weighted by Crippen LogP contribution is -2.54. The van der Waals surface area contributed by atoms with E-state index < -0.39 is 70.2 Å². The number of nitrogens with one attached hydrogen (secondary N) is 1. The zero-order valence-corrected chi connectivity index (χ0v) is 30.9. The van der Waals surface area contributed by atoms with E-state index in [0.717, 1.165) is 11.0 Å². The number of imide groups is 2. The first-order chi connectivity index (χ1) is 27.1. The Balaban J connectivity index is 0.912. The second-order valence-corrected chi connectivity index (χ2v) is 14.4. The predicted molar refractivity (Wildman–Crippen MR) is 190 cm³/mol. The molecule has 3 aromatic carbocycles. The number of halogens is 4. The number of carbonyl (C=O) groups is 5. The van der Waals surface area contributed by atoms with Crippen molar-refractivity contribution in [2.45, 2.75) is 64.4 Å². The monoisotopic (exact) mass is 794 g/mol. The smallest absolute Gasteiger partial charge is 0.417 e. The van der Waals surface area contributed by atoms with Gasteiger partial charge in [-0.1, -0.05) is 26.0 Å². The van der Waals surface area contributed by atoms with Crippen molar-refractivity contribution in [3.05, 3.63) is 88.2 Å². The van der Waals surface area contributed by atoms with Gasteiger partial charge in [0.2, 0.25) is 11.8 Å². The molecule has 1 N–H and O–H groups in total. The van der Waals surface area contributed by atoms with Gasteiger partial charge in [0.1, 0.15) is 35.7 Å². The highest BCUT2D eigenvalue weighted by molar-refractivity contribution is 6.24. The number of nitrogens with zero attached hydrogens (tertiary/aromatic N) is 3. The van der Waals surface area contributed by atoms with Gasteiger partial charge in [-0.15, -0.1) is 0 Å². The zero-order chi connectivity index (χ0) is 41.1. The third-order valence-corrected chi connectivity index (χ3v) is 9.77. The maximum Gasteiger partial charge on any atom is 0.417 e. The van der Waals surface area contributed by atoms with Crippen LogP contribution in [0.5, 0.6) is 17.2 Å². The van der Waals surface area contributed by atoms with Gasteiger partial charge in [0.15, 0.2) is 6.10 Å². The first-order valence-corrected chi connectivity index (χ1v) is 18.1. The topological polar surface area (TPSA) is 165 Å². The van der Waals surface area contributed by atoms with E-state index >= 15 is 4.39 Å². The minimum absolute atomic E-state index is 0.0130. The Bertz CT molecular complexity index is 2130. The predicted octanol–water partition coefficient (Wildman–Crippen LogP) is 5.19. The normalized spacial score (nSPS) is 19.1. The first-order valence-electron chi connectivity index (χ1n) is 18.1. The molecule has 0 saturated carbocycles. The number of nitriles is 1. The molecular formula is C40H38F4N4O9. The maximum atomic E-state index is 15.1. The first kappa shape index (κ1) is 40.6. The summed E-state index contributed by atoms with van der Waals surface area (Å²) < 4.78 is 78.3. The number of benzene rings is 3. The molecule has 300 valence electrons. The number of hydrogen-bond acceptors (Lipinski definition) is 10. The molecule has 13 nitrogen and oxygen atoms in total. The summed E-state index contributed by atoms with van der Waals surface area (Å²) in [7, 11) is 0. The molecular weight excluding hydrogens is 756 g/mol. The second-order valence-electron chi connectivity index (χ2n) is 14.4. The Morgan fingerprint density at radius 3 is 2.39 bits per heavy atom. The van der Waals surface area contributed by atoms with E-state index in [0.29, 0.717) is 25.5 Å². The van der Waals surface area contributed by atoms with Crippen LogP contribution in [-0.4, -0.2) is 84.5 Å². The molecule has 6 rings (SSSR count). The summed E-state index contributed by atoms with van der Waals surface area (Å²) in [6, 6.07) is 12.2. The van der Waals surface area contributed by atoms with Crippen LogP contribution >= 0.6 is 0 Å². The van der Waals surface area contributed by atoms with Crippen LogP contribution in [0.2, 0.25) is 0 Å². The van der Waals surface area contributed by atoms with Crippen molar-refractivity contribution in [2.24, 2.45) is 5.41 Å². The zero-order valence-electron chi connectivity index (χ0n) is 30.9. The molecule has 3 aliphatic heterocycles. The van der Waals surface area contributed by atoms with Crippen LogP contribution in [0.3, 0.4) is 0 Å². The van der Waals surface area contributed by atoms with Crippen LogP contribution in [0.1, 0.15) is 76.9 Å². The molecule has 2 atom stereocenters. The van der Waals surface area contributed by atoms with Crippen molar-refractivity contribution in [3.63, 3.8) is 0 Å². The fourth-order valence-electron chi connectivity index (χ4n) is 6.93. The standard InChI is InChI=1S/C40H38F4N4O9/c1-39(2)22-47(38(53)34(39)57-26-11-8-23(20-45)28(18-26)40(42,43)44)21-24-9-10-25(19-29(24)41)55-15-4-3-14-54-16-17-56-31-7-5-6-27-33(31)37(52)48(36(27)51)30-12-13-32(49)46-35(30)50/h5-11,18-19,30,34H,3-4,12-17,21-22H2,1-2H3,(H,46,49,50). The lowest BCUT2D eigenvalue weighted by Gasteiger charge is -2.27. The van der Waals surface area contributed by atoms with Crippen molar-refractivity contribution < 1.29 is 60.5 Å². The molecule has 5 amide bonds. The van der Waals surface area contributed by atoms with E-state index in [1.54, 1.807) is 32.0 Å². The molecule has 3 aromatic rings. The fourth-order valence-corrected chi connectivity index (χ4v) is 6.93.